The van der Waals surface area contributed by atoms with Gasteiger partial charge in [0.05, 0.1) is 14.2 Å². The second kappa shape index (κ2) is 11.0. The molecule has 3 rings (SSSR count). The Kier molecular flexibility index (Phi) is 8.07. The molecule has 0 aromatic heterocycles. The first-order valence-electron chi connectivity index (χ1n) is 11.4. The number of hydrogen-bond donors (Lipinski definition) is 3. The van der Waals surface area contributed by atoms with Crippen molar-refractivity contribution in [2.45, 2.75) is 32.9 Å². The maximum Gasteiger partial charge on any atom is 0.407 e. The van der Waals surface area contributed by atoms with E-state index >= 15 is 0 Å². The minimum atomic E-state index is -0.677. The zero-order valence-corrected chi connectivity index (χ0v) is 21.2. The maximum absolute atomic E-state index is 12.3. The van der Waals surface area contributed by atoms with E-state index in [0.29, 0.717) is 27.8 Å². The smallest absolute Gasteiger partial charge is 0.407 e. The van der Waals surface area contributed by atoms with Crippen LogP contribution in [0.4, 0.5) is 4.79 Å². The highest BCUT2D eigenvalue weighted by molar-refractivity contribution is 5.94. The SMILES string of the molecule is COC(=O)c1ccc(-c2ccc(-c3ccc(C(=O)OC)c(O)c3)c(CNC(=O)OC(C)(C)C)c2)cc1O. The predicted molar refractivity (Wildman–Crippen MR) is 136 cm³/mol. The molecule has 0 radical (unpaired) electrons. The third-order valence-electron chi connectivity index (χ3n) is 5.38. The Morgan fingerprint density at radius 2 is 1.24 bits per heavy atom. The van der Waals surface area contributed by atoms with Crippen LogP contribution < -0.4 is 5.32 Å². The molecule has 3 aromatic rings. The molecule has 9 heteroatoms. The molecule has 0 saturated heterocycles. The molecular weight excluding hydrogens is 478 g/mol. The Morgan fingerprint density at radius 3 is 1.76 bits per heavy atom. The van der Waals surface area contributed by atoms with Gasteiger partial charge in [-0.05, 0) is 78.9 Å². The number of esters is 2. The fourth-order valence-electron chi connectivity index (χ4n) is 3.66. The van der Waals surface area contributed by atoms with E-state index < -0.39 is 23.6 Å². The number of phenols is 2. The zero-order valence-electron chi connectivity index (χ0n) is 21.2. The van der Waals surface area contributed by atoms with E-state index in [-0.39, 0.29) is 29.2 Å². The summed E-state index contributed by atoms with van der Waals surface area (Å²) in [5.41, 5.74) is 2.66. The number of ether oxygens (including phenoxy) is 3. The van der Waals surface area contributed by atoms with Crippen molar-refractivity contribution in [2.75, 3.05) is 14.2 Å². The molecule has 3 N–H and O–H groups in total. The summed E-state index contributed by atoms with van der Waals surface area (Å²) in [6.07, 6.45) is -0.604. The van der Waals surface area contributed by atoms with Crippen LogP contribution in [0.25, 0.3) is 22.3 Å². The van der Waals surface area contributed by atoms with Gasteiger partial charge in [-0.25, -0.2) is 14.4 Å². The van der Waals surface area contributed by atoms with Crippen LogP contribution in [0.5, 0.6) is 11.5 Å². The number of carbonyl (C=O) groups excluding carboxylic acids is 3. The standard InChI is InChI=1S/C28H29NO8/c1-28(2,3)37-27(34)29-15-19-12-16(17-7-10-21(23(30)13-17)25(32)35-4)6-9-20(19)18-8-11-22(24(31)14-18)26(33)36-5/h6-14,30-31H,15H2,1-5H3,(H,29,34). The highest BCUT2D eigenvalue weighted by Crippen LogP contribution is 2.34. The summed E-state index contributed by atoms with van der Waals surface area (Å²) in [7, 11) is 2.46. The molecule has 194 valence electrons. The van der Waals surface area contributed by atoms with Crippen molar-refractivity contribution in [1.82, 2.24) is 5.32 Å². The van der Waals surface area contributed by atoms with Crippen LogP contribution in [-0.2, 0) is 20.8 Å². The molecule has 0 fully saturated rings. The Hall–Kier alpha value is -4.53. The van der Waals surface area contributed by atoms with E-state index in [1.807, 2.05) is 6.07 Å². The molecule has 0 aliphatic carbocycles. The molecule has 0 bridgehead atoms. The normalized spacial score (nSPS) is 10.9. The van der Waals surface area contributed by atoms with Gasteiger partial charge in [0.1, 0.15) is 28.2 Å². The van der Waals surface area contributed by atoms with Gasteiger partial charge in [-0.2, -0.15) is 0 Å². The van der Waals surface area contributed by atoms with Gasteiger partial charge in [0.2, 0.25) is 0 Å². The van der Waals surface area contributed by atoms with Gasteiger partial charge in [-0.1, -0.05) is 24.3 Å². The molecule has 0 aliphatic rings. The summed E-state index contributed by atoms with van der Waals surface area (Å²) in [5, 5.41) is 23.4. The predicted octanol–water partition coefficient (Wildman–Crippen LogP) is 5.03. The first kappa shape index (κ1) is 27.1. The van der Waals surface area contributed by atoms with E-state index in [4.69, 9.17) is 4.74 Å². The first-order chi connectivity index (χ1) is 17.4. The molecule has 0 spiro atoms. The van der Waals surface area contributed by atoms with E-state index in [1.54, 1.807) is 45.0 Å². The van der Waals surface area contributed by atoms with Gasteiger partial charge in [-0.15, -0.1) is 0 Å². The van der Waals surface area contributed by atoms with Crippen LogP contribution in [0.2, 0.25) is 0 Å². The van der Waals surface area contributed by atoms with E-state index in [9.17, 15) is 24.6 Å². The summed E-state index contributed by atoms with van der Waals surface area (Å²) in [6.45, 7) is 5.36. The molecule has 0 aliphatic heterocycles. The fraction of sp³-hybridized carbons (Fsp3) is 0.250. The van der Waals surface area contributed by atoms with Crippen molar-refractivity contribution in [2.24, 2.45) is 0 Å². The van der Waals surface area contributed by atoms with Crippen LogP contribution >= 0.6 is 0 Å². The Balaban J connectivity index is 2.03. The van der Waals surface area contributed by atoms with Crippen molar-refractivity contribution in [3.63, 3.8) is 0 Å². The largest absolute Gasteiger partial charge is 0.507 e. The lowest BCUT2D eigenvalue weighted by molar-refractivity contribution is 0.0521. The number of methoxy groups -OCH3 is 2. The maximum atomic E-state index is 12.3. The van der Waals surface area contributed by atoms with Crippen molar-refractivity contribution in [3.05, 3.63) is 71.3 Å². The molecule has 0 saturated carbocycles. The summed E-state index contributed by atoms with van der Waals surface area (Å²) in [5.74, 6) is -1.80. The molecule has 0 atom stereocenters. The summed E-state index contributed by atoms with van der Waals surface area (Å²) >= 11 is 0. The number of aromatic hydroxyl groups is 2. The Bertz CT molecular complexity index is 1340. The number of amides is 1. The van der Waals surface area contributed by atoms with Crippen LogP contribution in [0, 0.1) is 0 Å². The molecule has 0 unspecified atom stereocenters. The Labute approximate surface area is 214 Å². The average molecular weight is 508 g/mol. The van der Waals surface area contributed by atoms with Crippen LogP contribution in [0.1, 0.15) is 47.1 Å². The molecule has 1 amide bonds. The monoisotopic (exact) mass is 507 g/mol. The van der Waals surface area contributed by atoms with Crippen molar-refractivity contribution in [1.29, 1.82) is 0 Å². The molecule has 9 nitrogen and oxygen atoms in total. The Morgan fingerprint density at radius 1 is 0.757 bits per heavy atom. The van der Waals surface area contributed by atoms with Gasteiger partial charge < -0.3 is 29.7 Å². The quantitative estimate of drug-likeness (QED) is 0.313. The molecule has 37 heavy (non-hydrogen) atoms. The lowest BCUT2D eigenvalue weighted by Crippen LogP contribution is -2.32. The molecule has 0 heterocycles. The molecule has 3 aromatic carbocycles. The highest BCUT2D eigenvalue weighted by Gasteiger charge is 2.19. The number of hydrogen-bond acceptors (Lipinski definition) is 8. The van der Waals surface area contributed by atoms with Crippen molar-refractivity contribution < 1.29 is 38.8 Å². The third-order valence-corrected chi connectivity index (χ3v) is 5.38. The number of benzene rings is 3. The van der Waals surface area contributed by atoms with E-state index in [1.165, 1.54) is 38.5 Å². The van der Waals surface area contributed by atoms with Crippen LogP contribution in [0.3, 0.4) is 0 Å². The lowest BCUT2D eigenvalue weighted by Gasteiger charge is -2.20. The summed E-state index contributed by atoms with van der Waals surface area (Å²) < 4.78 is 14.7. The number of nitrogens with one attached hydrogen (secondary N) is 1. The zero-order chi connectivity index (χ0) is 27.3. The number of alkyl carbamates (subject to hydrolysis) is 1. The van der Waals surface area contributed by atoms with E-state index in [2.05, 4.69) is 14.8 Å². The van der Waals surface area contributed by atoms with Gasteiger partial charge in [0.25, 0.3) is 0 Å². The number of carbonyl (C=O) groups is 3. The van der Waals surface area contributed by atoms with Gasteiger partial charge in [-0.3, -0.25) is 0 Å². The van der Waals surface area contributed by atoms with Gasteiger partial charge in [0, 0.05) is 6.54 Å². The van der Waals surface area contributed by atoms with Gasteiger partial charge >= 0.3 is 18.0 Å². The minimum absolute atomic E-state index is 0.0254. The minimum Gasteiger partial charge on any atom is -0.507 e. The number of rotatable bonds is 6. The topological polar surface area (TPSA) is 131 Å². The van der Waals surface area contributed by atoms with Crippen LogP contribution in [-0.4, -0.2) is 48.1 Å². The second-order valence-corrected chi connectivity index (χ2v) is 9.17. The highest BCUT2D eigenvalue weighted by atomic mass is 16.6. The van der Waals surface area contributed by atoms with Crippen molar-refractivity contribution in [3.8, 4) is 33.8 Å². The summed E-state index contributed by atoms with van der Waals surface area (Å²) in [4.78, 5) is 36.0. The van der Waals surface area contributed by atoms with E-state index in [0.717, 1.165) is 0 Å². The first-order valence-corrected chi connectivity index (χ1v) is 11.4. The second-order valence-electron chi connectivity index (χ2n) is 9.17. The average Bonchev–Trinajstić information content (AvgIpc) is 2.85. The summed E-state index contributed by atoms with van der Waals surface area (Å²) in [6, 6.07) is 14.5. The number of phenolic OH excluding ortho intramolecular Hbond substituents is 2. The van der Waals surface area contributed by atoms with Crippen LogP contribution in [0.15, 0.2) is 54.6 Å². The lowest BCUT2D eigenvalue weighted by atomic mass is 9.93. The molecular formula is C28H29NO8. The fourth-order valence-corrected chi connectivity index (χ4v) is 3.66. The third kappa shape index (κ3) is 6.58. The van der Waals surface area contributed by atoms with Gasteiger partial charge in [0.15, 0.2) is 0 Å². The van der Waals surface area contributed by atoms with Crippen molar-refractivity contribution >= 4 is 18.0 Å².